The molecule has 3 heteroatoms. The van der Waals surface area contributed by atoms with Gasteiger partial charge in [-0.1, -0.05) is 32.1 Å². The summed E-state index contributed by atoms with van der Waals surface area (Å²) in [6.07, 6.45) is 12.1. The summed E-state index contributed by atoms with van der Waals surface area (Å²) >= 11 is 0. The van der Waals surface area contributed by atoms with Gasteiger partial charge in [-0.3, -0.25) is 4.79 Å². The minimum absolute atomic E-state index is 0.0284. The number of ketones is 1. The number of hydrogen-bond acceptors (Lipinski definition) is 3. The number of carbonyl (C=O) groups excluding carboxylic acids is 1. The molecule has 3 aliphatic rings. The summed E-state index contributed by atoms with van der Waals surface area (Å²) in [6, 6.07) is 0. The van der Waals surface area contributed by atoms with Crippen LogP contribution in [0.5, 0.6) is 0 Å². The zero-order valence-corrected chi connectivity index (χ0v) is 13.5. The maximum Gasteiger partial charge on any atom is 0.167 e. The monoisotopic (exact) mass is 294 g/mol. The van der Waals surface area contributed by atoms with E-state index in [0.717, 1.165) is 58.0 Å². The van der Waals surface area contributed by atoms with E-state index in [1.165, 1.54) is 19.3 Å². The Morgan fingerprint density at radius 2 is 1.76 bits per heavy atom. The van der Waals surface area contributed by atoms with Crippen LogP contribution in [-0.2, 0) is 14.3 Å². The number of ether oxygens (including phenoxy) is 2. The van der Waals surface area contributed by atoms with E-state index in [1.807, 2.05) is 6.92 Å². The van der Waals surface area contributed by atoms with Crippen molar-refractivity contribution in [2.24, 2.45) is 5.92 Å². The zero-order valence-electron chi connectivity index (χ0n) is 13.5. The van der Waals surface area contributed by atoms with Crippen LogP contribution in [0, 0.1) is 5.92 Å². The second kappa shape index (κ2) is 6.37. The van der Waals surface area contributed by atoms with Crippen molar-refractivity contribution in [3.05, 3.63) is 0 Å². The third kappa shape index (κ3) is 3.05. The van der Waals surface area contributed by atoms with Crippen LogP contribution in [0.25, 0.3) is 0 Å². The first-order valence-corrected chi connectivity index (χ1v) is 9.02. The van der Waals surface area contributed by atoms with Gasteiger partial charge in [0.25, 0.3) is 0 Å². The second-order valence-electron chi connectivity index (χ2n) is 7.28. The molecule has 0 radical (unpaired) electrons. The largest absolute Gasteiger partial charge is 0.375 e. The van der Waals surface area contributed by atoms with Crippen LogP contribution in [0.4, 0.5) is 0 Å². The van der Waals surface area contributed by atoms with Crippen molar-refractivity contribution in [2.45, 2.75) is 88.8 Å². The number of rotatable bonds is 4. The minimum Gasteiger partial charge on any atom is -0.375 e. The van der Waals surface area contributed by atoms with E-state index < -0.39 is 5.60 Å². The maximum absolute atomic E-state index is 13.2. The first-order chi connectivity index (χ1) is 10.2. The molecule has 120 valence electrons. The molecule has 0 N–H and O–H groups in total. The van der Waals surface area contributed by atoms with E-state index in [-0.39, 0.29) is 11.5 Å². The number of carbonyl (C=O) groups is 1. The predicted octanol–water partition coefficient (Wildman–Crippen LogP) is 4.03. The summed E-state index contributed by atoms with van der Waals surface area (Å²) < 4.78 is 12.1. The van der Waals surface area contributed by atoms with Gasteiger partial charge >= 0.3 is 0 Å². The van der Waals surface area contributed by atoms with Crippen LogP contribution in [0.1, 0.15) is 77.6 Å². The molecule has 2 saturated carbocycles. The molecule has 3 rings (SSSR count). The first kappa shape index (κ1) is 15.5. The van der Waals surface area contributed by atoms with Crippen molar-refractivity contribution in [1.29, 1.82) is 0 Å². The molecule has 0 aromatic carbocycles. The molecular formula is C18H30O3. The highest BCUT2D eigenvalue weighted by Gasteiger charge is 2.48. The fourth-order valence-corrected chi connectivity index (χ4v) is 4.85. The molecule has 1 aliphatic heterocycles. The van der Waals surface area contributed by atoms with Gasteiger partial charge in [-0.2, -0.15) is 0 Å². The Bertz CT molecular complexity index is 359. The molecule has 0 bridgehead atoms. The lowest BCUT2D eigenvalue weighted by molar-refractivity contribution is -0.163. The fourth-order valence-electron chi connectivity index (χ4n) is 4.85. The molecule has 0 aromatic rings. The van der Waals surface area contributed by atoms with Gasteiger partial charge in [0.05, 0.1) is 5.60 Å². The topological polar surface area (TPSA) is 35.5 Å². The average molecular weight is 294 g/mol. The highest BCUT2D eigenvalue weighted by atomic mass is 16.5. The molecule has 3 fully saturated rings. The van der Waals surface area contributed by atoms with Crippen LogP contribution in [0.15, 0.2) is 0 Å². The van der Waals surface area contributed by atoms with Crippen LogP contribution < -0.4 is 0 Å². The maximum atomic E-state index is 13.2. The Morgan fingerprint density at radius 1 is 1.10 bits per heavy atom. The zero-order chi connectivity index (χ0) is 14.8. The fraction of sp³-hybridized carbons (Fsp3) is 0.944. The van der Waals surface area contributed by atoms with Gasteiger partial charge in [0.1, 0.15) is 5.60 Å². The SMILES string of the molecule is CCOC1(C(=O)C2CCOC3(CCCC3)C2)CCCCC1. The van der Waals surface area contributed by atoms with Crippen LogP contribution >= 0.6 is 0 Å². The molecule has 21 heavy (non-hydrogen) atoms. The third-order valence-corrected chi connectivity index (χ3v) is 5.91. The van der Waals surface area contributed by atoms with E-state index in [4.69, 9.17) is 9.47 Å². The van der Waals surface area contributed by atoms with Gasteiger partial charge in [0.15, 0.2) is 5.78 Å². The molecular weight excluding hydrogens is 264 g/mol. The minimum atomic E-state index is -0.463. The Balaban J connectivity index is 1.72. The molecule has 1 heterocycles. The van der Waals surface area contributed by atoms with Crippen LogP contribution in [-0.4, -0.2) is 30.2 Å². The highest BCUT2D eigenvalue weighted by molar-refractivity contribution is 5.89. The molecule has 1 saturated heterocycles. The average Bonchev–Trinajstić information content (AvgIpc) is 2.95. The van der Waals surface area contributed by atoms with Gasteiger partial charge in [0, 0.05) is 19.1 Å². The molecule has 1 atom stereocenters. The first-order valence-electron chi connectivity index (χ1n) is 9.02. The van der Waals surface area contributed by atoms with Gasteiger partial charge in [-0.05, 0) is 45.4 Å². The van der Waals surface area contributed by atoms with Crippen LogP contribution in [0.3, 0.4) is 0 Å². The standard InChI is InChI=1S/C18H30O3/c1-2-20-18(11-4-3-5-12-18)16(19)15-8-13-21-17(14-15)9-6-7-10-17/h15H,2-14H2,1H3. The van der Waals surface area contributed by atoms with Crippen LogP contribution in [0.2, 0.25) is 0 Å². The number of Topliss-reactive ketones (excluding diaryl/α,β-unsaturated/α-hetero) is 1. The lowest BCUT2D eigenvalue weighted by Crippen LogP contribution is -2.50. The summed E-state index contributed by atoms with van der Waals surface area (Å²) in [5, 5.41) is 0. The molecule has 1 unspecified atom stereocenters. The lowest BCUT2D eigenvalue weighted by Gasteiger charge is -2.43. The predicted molar refractivity (Wildman–Crippen MR) is 82.3 cm³/mol. The van der Waals surface area contributed by atoms with Gasteiger partial charge in [-0.25, -0.2) is 0 Å². The van der Waals surface area contributed by atoms with Crippen molar-refractivity contribution in [3.63, 3.8) is 0 Å². The number of hydrogen-bond donors (Lipinski definition) is 0. The molecule has 0 aromatic heterocycles. The van der Waals surface area contributed by atoms with Crippen molar-refractivity contribution < 1.29 is 14.3 Å². The molecule has 3 nitrogen and oxygen atoms in total. The van der Waals surface area contributed by atoms with E-state index in [1.54, 1.807) is 0 Å². The Hall–Kier alpha value is -0.410. The Labute approximate surface area is 128 Å². The smallest absolute Gasteiger partial charge is 0.167 e. The summed E-state index contributed by atoms with van der Waals surface area (Å²) in [7, 11) is 0. The van der Waals surface area contributed by atoms with Crippen molar-refractivity contribution in [2.75, 3.05) is 13.2 Å². The van der Waals surface area contributed by atoms with Crippen molar-refractivity contribution in [3.8, 4) is 0 Å². The van der Waals surface area contributed by atoms with E-state index >= 15 is 0 Å². The van der Waals surface area contributed by atoms with Gasteiger partial charge in [0.2, 0.25) is 0 Å². The van der Waals surface area contributed by atoms with E-state index in [0.29, 0.717) is 12.4 Å². The highest BCUT2D eigenvalue weighted by Crippen LogP contribution is 2.45. The summed E-state index contributed by atoms with van der Waals surface area (Å²) in [5.74, 6) is 0.570. The van der Waals surface area contributed by atoms with E-state index in [2.05, 4.69) is 0 Å². The summed E-state index contributed by atoms with van der Waals surface area (Å²) in [5.41, 5.74) is -0.435. The summed E-state index contributed by atoms with van der Waals surface area (Å²) in [4.78, 5) is 13.2. The summed E-state index contributed by atoms with van der Waals surface area (Å²) in [6.45, 7) is 3.44. The second-order valence-corrected chi connectivity index (χ2v) is 7.28. The van der Waals surface area contributed by atoms with E-state index in [9.17, 15) is 4.79 Å². The van der Waals surface area contributed by atoms with Gasteiger partial charge in [-0.15, -0.1) is 0 Å². The molecule has 1 spiro atoms. The van der Waals surface area contributed by atoms with Gasteiger partial charge < -0.3 is 9.47 Å². The van der Waals surface area contributed by atoms with Crippen molar-refractivity contribution in [1.82, 2.24) is 0 Å². The molecule has 0 amide bonds. The quantitative estimate of drug-likeness (QED) is 0.785. The Morgan fingerprint density at radius 3 is 2.43 bits per heavy atom. The molecule has 2 aliphatic carbocycles. The lowest BCUT2D eigenvalue weighted by atomic mass is 9.72. The Kier molecular flexibility index (Phi) is 4.70. The normalized spacial score (nSPS) is 31.4. The third-order valence-electron chi connectivity index (χ3n) is 5.91. The van der Waals surface area contributed by atoms with Crippen molar-refractivity contribution >= 4 is 5.78 Å².